The van der Waals surface area contributed by atoms with Crippen molar-refractivity contribution in [3.63, 3.8) is 0 Å². The van der Waals surface area contributed by atoms with Crippen molar-refractivity contribution in [2.24, 2.45) is 0 Å². The molecule has 0 radical (unpaired) electrons. The summed E-state index contributed by atoms with van der Waals surface area (Å²) in [7, 11) is 1.42. The number of likely N-dealkylation sites (N-methyl/N-ethyl adjacent to an activating group) is 1. The lowest BCUT2D eigenvalue weighted by molar-refractivity contribution is -0.131. The van der Waals surface area contributed by atoms with Gasteiger partial charge in [0.25, 0.3) is 5.91 Å². The molecule has 12 nitrogen and oxygen atoms in total. The topological polar surface area (TPSA) is 134 Å². The minimum atomic E-state index is -1.000. The second kappa shape index (κ2) is 28.1. The smallest absolute Gasteiger partial charge is 0.261 e. The molecular weight excluding hydrogens is 841 g/mol. The van der Waals surface area contributed by atoms with E-state index in [2.05, 4.69) is 91.1 Å². The Kier molecular flexibility index (Phi) is 22.8. The van der Waals surface area contributed by atoms with Crippen molar-refractivity contribution in [1.82, 2.24) is 25.1 Å². The van der Waals surface area contributed by atoms with E-state index in [0.29, 0.717) is 48.1 Å². The summed E-state index contributed by atoms with van der Waals surface area (Å²) in [5.41, 5.74) is 9.37. The van der Waals surface area contributed by atoms with Gasteiger partial charge >= 0.3 is 0 Å². The highest BCUT2D eigenvalue weighted by molar-refractivity contribution is 6.04. The number of aromatic nitrogens is 2. The molecule has 0 saturated carbocycles. The van der Waals surface area contributed by atoms with Crippen LogP contribution in [0.1, 0.15) is 131 Å². The van der Waals surface area contributed by atoms with Crippen LogP contribution in [0.25, 0.3) is 22.3 Å². The Hall–Kier alpha value is -5.30. The summed E-state index contributed by atoms with van der Waals surface area (Å²) in [6.07, 6.45) is 15.3. The Morgan fingerprint density at radius 2 is 1.61 bits per heavy atom. The summed E-state index contributed by atoms with van der Waals surface area (Å²) >= 11 is 0. The zero-order valence-electron chi connectivity index (χ0n) is 42.1. The molecular formula is C55H78N6O6. The third-order valence-electron chi connectivity index (χ3n) is 12.7. The summed E-state index contributed by atoms with van der Waals surface area (Å²) in [6, 6.07) is 17.5. The number of carbonyl (C=O) groups is 4. The van der Waals surface area contributed by atoms with Gasteiger partial charge in [0.15, 0.2) is 0 Å². The van der Waals surface area contributed by atoms with Crippen molar-refractivity contribution in [3.8, 4) is 22.3 Å². The number of nitrogens with one attached hydrogen (secondary N) is 1. The van der Waals surface area contributed by atoms with Crippen LogP contribution in [0.5, 0.6) is 0 Å². The van der Waals surface area contributed by atoms with Gasteiger partial charge in [0.1, 0.15) is 18.1 Å². The maximum Gasteiger partial charge on any atom is 0.261 e. The van der Waals surface area contributed by atoms with E-state index in [1.807, 2.05) is 45.4 Å². The molecule has 4 heterocycles. The lowest BCUT2D eigenvalue weighted by atomic mass is 9.91. The number of hydrogen-bond acceptors (Lipinski definition) is 10. The van der Waals surface area contributed by atoms with Crippen molar-refractivity contribution >= 4 is 30.3 Å². The molecule has 2 unspecified atom stereocenters. The van der Waals surface area contributed by atoms with Gasteiger partial charge in [0, 0.05) is 81.5 Å². The molecule has 6 rings (SSSR count). The number of rotatable bonds is 21. The molecule has 0 aliphatic carbocycles. The van der Waals surface area contributed by atoms with Crippen LogP contribution in [0.15, 0.2) is 73.2 Å². The van der Waals surface area contributed by atoms with Crippen LogP contribution in [0.3, 0.4) is 0 Å². The maximum absolute atomic E-state index is 12.6. The van der Waals surface area contributed by atoms with Gasteiger partial charge in [0.05, 0.1) is 24.9 Å². The van der Waals surface area contributed by atoms with E-state index in [1.54, 1.807) is 19.1 Å². The molecule has 3 amide bonds. The molecule has 4 aromatic rings. The molecule has 2 aromatic heterocycles. The summed E-state index contributed by atoms with van der Waals surface area (Å²) in [4.78, 5) is 61.4. The first-order valence-electron chi connectivity index (χ1n) is 24.7. The third-order valence-corrected chi connectivity index (χ3v) is 12.7. The van der Waals surface area contributed by atoms with Crippen LogP contribution in [0, 0.1) is 20.8 Å². The number of pyridine rings is 2. The first-order chi connectivity index (χ1) is 32.4. The summed E-state index contributed by atoms with van der Waals surface area (Å²) in [5.74, 6) is 0.466. The summed E-state index contributed by atoms with van der Waals surface area (Å²) in [6.45, 7) is 24.7. The first-order valence-corrected chi connectivity index (χ1v) is 24.7. The van der Waals surface area contributed by atoms with Gasteiger partial charge in [0.2, 0.25) is 12.3 Å². The van der Waals surface area contributed by atoms with E-state index < -0.39 is 17.9 Å². The molecule has 12 heteroatoms. The fraction of sp³-hybridized carbons (Fsp3) is 0.527. The molecule has 2 aromatic carbocycles. The van der Waals surface area contributed by atoms with Crippen molar-refractivity contribution in [3.05, 3.63) is 101 Å². The van der Waals surface area contributed by atoms with Crippen LogP contribution in [-0.4, -0.2) is 115 Å². The molecule has 0 spiro atoms. The first kappa shape index (κ1) is 54.3. The van der Waals surface area contributed by atoms with Crippen molar-refractivity contribution in [1.29, 1.82) is 0 Å². The van der Waals surface area contributed by atoms with Gasteiger partial charge in [-0.15, -0.1) is 0 Å². The number of anilines is 1. The predicted octanol–water partition coefficient (Wildman–Crippen LogP) is 9.92. The number of ether oxygens (including phenoxy) is 2. The maximum atomic E-state index is 12.6. The van der Waals surface area contributed by atoms with Crippen LogP contribution >= 0.6 is 0 Å². The predicted molar refractivity (Wildman–Crippen MR) is 270 cm³/mol. The number of aldehydes is 1. The van der Waals surface area contributed by atoms with Crippen molar-refractivity contribution in [2.75, 3.05) is 51.3 Å². The number of benzene rings is 2. The Morgan fingerprint density at radius 3 is 2.22 bits per heavy atom. The third kappa shape index (κ3) is 15.6. The van der Waals surface area contributed by atoms with Crippen LogP contribution in [0.2, 0.25) is 0 Å². The molecule has 2 fully saturated rings. The standard InChI is InChI=1S/C37H52N4O2.C16H20N2O4.C2H6/c1-6-8-9-31(7-2)42-21-20-40-18-15-32(16-19-40)43-33-25-41(26-33)37-13-11-30(23-39-37)29-10-12-35(28(5)22-29)36-24-38-17-14-34(36)27(3)4;1-11-6-7-12(2)13(9-11)16(22)18(10-20)14(5-4-8-19)15(21)17-3;1-2/h10-14,17,22-24,27,31-33H,6-9,15-16,18-21,25-26H2,1-5H3;6-10,14H,4-5H2,1-3H3,(H,17,21);1-2H3. The Bertz CT molecular complexity index is 2150. The molecule has 2 aliphatic heterocycles. The molecule has 2 aliphatic rings. The lowest BCUT2D eigenvalue weighted by Crippen LogP contribution is -2.54. The van der Waals surface area contributed by atoms with Crippen LogP contribution in [-0.2, 0) is 23.9 Å². The average molecular weight is 919 g/mol. The molecule has 364 valence electrons. The second-order valence-corrected chi connectivity index (χ2v) is 17.8. The zero-order chi connectivity index (χ0) is 48.9. The molecule has 1 N–H and O–H groups in total. The number of imide groups is 1. The molecule has 2 saturated heterocycles. The highest BCUT2D eigenvalue weighted by Crippen LogP contribution is 2.34. The van der Waals surface area contributed by atoms with E-state index in [4.69, 9.17) is 14.5 Å². The van der Waals surface area contributed by atoms with Gasteiger partial charge in [-0.3, -0.25) is 24.3 Å². The Labute approximate surface area is 401 Å². The number of aryl methyl sites for hydroxylation is 3. The highest BCUT2D eigenvalue weighted by atomic mass is 16.5. The van der Waals surface area contributed by atoms with Crippen molar-refractivity contribution < 1.29 is 28.7 Å². The fourth-order valence-corrected chi connectivity index (χ4v) is 8.62. The highest BCUT2D eigenvalue weighted by Gasteiger charge is 2.33. The van der Waals surface area contributed by atoms with E-state index >= 15 is 0 Å². The average Bonchev–Trinajstić information content (AvgIpc) is 3.34. The number of carbonyl (C=O) groups excluding carboxylic acids is 4. The van der Waals surface area contributed by atoms with Gasteiger partial charge in [-0.1, -0.05) is 90.3 Å². The largest absolute Gasteiger partial charge is 0.377 e. The quantitative estimate of drug-likeness (QED) is 0.0806. The van der Waals surface area contributed by atoms with Crippen LogP contribution in [0.4, 0.5) is 5.82 Å². The minimum Gasteiger partial charge on any atom is -0.377 e. The Balaban J connectivity index is 0.000000345. The van der Waals surface area contributed by atoms with Crippen LogP contribution < -0.4 is 10.2 Å². The van der Waals surface area contributed by atoms with E-state index in [1.165, 1.54) is 54.1 Å². The van der Waals surface area contributed by atoms with E-state index in [-0.39, 0.29) is 12.8 Å². The van der Waals surface area contributed by atoms with Gasteiger partial charge < -0.3 is 29.4 Å². The SMILES string of the molecule is CC.CCCCC(CC)OCCN1CCC(OC2CN(c3ccc(-c4ccc(-c5cnccc5C(C)C)c(C)c4)cn3)C2)CC1.CNC(=O)C(CCC=O)N(C=O)C(=O)c1cc(C)ccc1C. The summed E-state index contributed by atoms with van der Waals surface area (Å²) in [5, 5.41) is 2.41. The number of nitrogens with zero attached hydrogens (tertiary/aromatic N) is 5. The summed E-state index contributed by atoms with van der Waals surface area (Å²) < 4.78 is 12.6. The number of likely N-dealkylation sites (tertiary alicyclic amines) is 1. The fourth-order valence-electron chi connectivity index (χ4n) is 8.62. The van der Waals surface area contributed by atoms with Gasteiger partial charge in [-0.2, -0.15) is 0 Å². The molecule has 0 bridgehead atoms. The number of unbranched alkanes of at least 4 members (excludes halogenated alkanes) is 1. The number of hydrogen-bond donors (Lipinski definition) is 1. The number of amides is 3. The van der Waals surface area contributed by atoms with Crippen molar-refractivity contribution in [2.45, 2.75) is 144 Å². The van der Waals surface area contributed by atoms with Gasteiger partial charge in [-0.25, -0.2) is 4.98 Å². The van der Waals surface area contributed by atoms with Gasteiger partial charge in [-0.05, 0) is 111 Å². The normalized spacial score (nSPS) is 15.0. The van der Waals surface area contributed by atoms with E-state index in [0.717, 1.165) is 80.4 Å². The number of piperidine rings is 1. The lowest BCUT2D eigenvalue weighted by Gasteiger charge is -2.43. The zero-order valence-corrected chi connectivity index (χ0v) is 42.1. The minimum absolute atomic E-state index is 0.0858. The van der Waals surface area contributed by atoms with E-state index in [9.17, 15) is 19.2 Å². The second-order valence-electron chi connectivity index (χ2n) is 17.8. The monoisotopic (exact) mass is 919 g/mol. The Morgan fingerprint density at radius 1 is 0.881 bits per heavy atom. The molecule has 67 heavy (non-hydrogen) atoms. The molecule has 2 atom stereocenters.